The van der Waals surface area contributed by atoms with Crippen molar-refractivity contribution < 1.29 is 24.5 Å². The Hall–Kier alpha value is -3.00. The second kappa shape index (κ2) is 5.33. The van der Waals surface area contributed by atoms with Gasteiger partial charge in [0.2, 0.25) is 0 Å². The van der Waals surface area contributed by atoms with Crippen molar-refractivity contribution in [1.29, 1.82) is 0 Å². The van der Waals surface area contributed by atoms with Crippen molar-refractivity contribution in [3.8, 4) is 18.1 Å². The van der Waals surface area contributed by atoms with E-state index in [0.29, 0.717) is 10.8 Å². The van der Waals surface area contributed by atoms with E-state index in [4.69, 9.17) is 21.4 Å². The zero-order valence-electron chi connectivity index (χ0n) is 10.3. The van der Waals surface area contributed by atoms with Gasteiger partial charge in [0.05, 0.1) is 11.1 Å². The van der Waals surface area contributed by atoms with Crippen molar-refractivity contribution >= 4 is 22.7 Å². The van der Waals surface area contributed by atoms with Crippen molar-refractivity contribution in [2.45, 2.75) is 0 Å². The summed E-state index contributed by atoms with van der Waals surface area (Å²) in [7, 11) is 0. The highest BCUT2D eigenvalue weighted by Crippen LogP contribution is 2.29. The molecule has 0 radical (unpaired) electrons. The fourth-order valence-corrected chi connectivity index (χ4v) is 1.82. The van der Waals surface area contributed by atoms with Crippen LogP contribution in [0.25, 0.3) is 10.8 Å². The van der Waals surface area contributed by atoms with E-state index in [-0.39, 0.29) is 23.5 Å². The molecule has 0 unspecified atom stereocenters. The van der Waals surface area contributed by atoms with Crippen molar-refractivity contribution in [2.24, 2.45) is 0 Å². The summed E-state index contributed by atoms with van der Waals surface area (Å²) in [6.45, 7) is -0.0323. The van der Waals surface area contributed by atoms with Crippen LogP contribution < -0.4 is 4.74 Å². The number of terminal acetylenes is 1. The van der Waals surface area contributed by atoms with E-state index < -0.39 is 11.9 Å². The van der Waals surface area contributed by atoms with Gasteiger partial charge in [-0.1, -0.05) is 12.0 Å². The molecule has 2 aromatic carbocycles. The predicted molar refractivity (Wildman–Crippen MR) is 72.2 cm³/mol. The molecule has 5 heteroatoms. The molecule has 0 heterocycles. The molecule has 0 atom stereocenters. The second-order valence-corrected chi connectivity index (χ2v) is 4.01. The zero-order valence-corrected chi connectivity index (χ0v) is 10.3. The normalized spacial score (nSPS) is 9.95. The van der Waals surface area contributed by atoms with Crippen LogP contribution in [0.1, 0.15) is 20.7 Å². The van der Waals surface area contributed by atoms with Crippen LogP contribution in [-0.2, 0) is 0 Å². The summed E-state index contributed by atoms with van der Waals surface area (Å²) in [4.78, 5) is 22.0. The molecular weight excluding hydrogens is 260 g/mol. The fourth-order valence-electron chi connectivity index (χ4n) is 1.82. The molecule has 2 aromatic rings. The number of rotatable bonds is 4. The smallest absolute Gasteiger partial charge is 0.335 e. The van der Waals surface area contributed by atoms with Gasteiger partial charge in [-0.25, -0.2) is 9.59 Å². The Balaban J connectivity index is 2.68. The molecule has 0 amide bonds. The number of carboxylic acid groups (broad SMARTS) is 2. The molecule has 2 N–H and O–H groups in total. The molecule has 0 saturated carbocycles. The van der Waals surface area contributed by atoms with Crippen LogP contribution in [0.3, 0.4) is 0 Å². The Bertz CT molecular complexity index is 740. The number of hydrogen-bond acceptors (Lipinski definition) is 3. The summed E-state index contributed by atoms with van der Waals surface area (Å²) >= 11 is 0. The van der Waals surface area contributed by atoms with Gasteiger partial charge in [0.1, 0.15) is 12.4 Å². The Morgan fingerprint density at radius 1 is 1.10 bits per heavy atom. The third-order valence-corrected chi connectivity index (χ3v) is 2.72. The maximum atomic E-state index is 11.1. The molecule has 0 aromatic heterocycles. The van der Waals surface area contributed by atoms with E-state index in [2.05, 4.69) is 5.92 Å². The fraction of sp³-hybridized carbons (Fsp3) is 0.0667. The lowest BCUT2D eigenvalue weighted by atomic mass is 10.0. The van der Waals surface area contributed by atoms with Crippen LogP contribution in [-0.4, -0.2) is 28.8 Å². The van der Waals surface area contributed by atoms with Crippen LogP contribution in [0.4, 0.5) is 0 Å². The van der Waals surface area contributed by atoms with Crippen LogP contribution in [0.15, 0.2) is 30.3 Å². The van der Waals surface area contributed by atoms with Crippen molar-refractivity contribution in [1.82, 2.24) is 0 Å². The summed E-state index contributed by atoms with van der Waals surface area (Å²) in [5, 5.41) is 19.1. The standard InChI is InChI=1S/C15H10O5/c1-2-5-20-13-8-11(15(18)19)6-9-3-4-10(14(16)17)7-12(9)13/h1,3-4,6-8H,5H2,(H,16,17)(H,18,19). The summed E-state index contributed by atoms with van der Waals surface area (Å²) in [5.41, 5.74) is 0.138. The first-order valence-corrected chi connectivity index (χ1v) is 5.63. The number of fused-ring (bicyclic) bond motifs is 1. The van der Waals surface area contributed by atoms with E-state index in [1.54, 1.807) is 0 Å². The van der Waals surface area contributed by atoms with E-state index in [0.717, 1.165) is 0 Å². The van der Waals surface area contributed by atoms with Crippen LogP contribution in [0.5, 0.6) is 5.75 Å². The average Bonchev–Trinajstić information content (AvgIpc) is 2.43. The Morgan fingerprint density at radius 2 is 1.80 bits per heavy atom. The van der Waals surface area contributed by atoms with E-state index in [1.165, 1.54) is 30.3 Å². The number of aromatic carboxylic acids is 2. The summed E-state index contributed by atoms with van der Waals surface area (Å²) < 4.78 is 5.30. The van der Waals surface area contributed by atoms with Crippen molar-refractivity contribution in [3.05, 3.63) is 41.5 Å². The maximum Gasteiger partial charge on any atom is 0.335 e. The zero-order chi connectivity index (χ0) is 14.7. The molecule has 0 saturated heterocycles. The van der Waals surface area contributed by atoms with Gasteiger partial charge in [0.25, 0.3) is 0 Å². The highest BCUT2D eigenvalue weighted by atomic mass is 16.5. The largest absolute Gasteiger partial charge is 0.480 e. The Morgan fingerprint density at radius 3 is 2.40 bits per heavy atom. The molecule has 0 bridgehead atoms. The first-order valence-electron chi connectivity index (χ1n) is 5.63. The van der Waals surface area contributed by atoms with Gasteiger partial charge in [0.15, 0.2) is 0 Å². The monoisotopic (exact) mass is 270 g/mol. The van der Waals surface area contributed by atoms with Gasteiger partial charge in [-0.3, -0.25) is 0 Å². The van der Waals surface area contributed by atoms with Crippen LogP contribution >= 0.6 is 0 Å². The average molecular weight is 270 g/mol. The van der Waals surface area contributed by atoms with Crippen molar-refractivity contribution in [2.75, 3.05) is 6.61 Å². The predicted octanol–water partition coefficient (Wildman–Crippen LogP) is 2.25. The highest BCUT2D eigenvalue weighted by Gasteiger charge is 2.12. The highest BCUT2D eigenvalue weighted by molar-refractivity contribution is 6.00. The molecular formula is C15H10O5. The minimum absolute atomic E-state index is 0.0323. The van der Waals surface area contributed by atoms with E-state index in [9.17, 15) is 9.59 Å². The molecule has 0 aliphatic rings. The first kappa shape index (κ1) is 13.4. The third-order valence-electron chi connectivity index (χ3n) is 2.72. The van der Waals surface area contributed by atoms with Crippen LogP contribution in [0, 0.1) is 12.3 Å². The molecule has 0 aliphatic carbocycles. The maximum absolute atomic E-state index is 11.1. The van der Waals surface area contributed by atoms with Crippen molar-refractivity contribution in [3.63, 3.8) is 0 Å². The second-order valence-electron chi connectivity index (χ2n) is 4.01. The summed E-state index contributed by atoms with van der Waals surface area (Å²) in [6.07, 6.45) is 5.11. The van der Waals surface area contributed by atoms with Gasteiger partial charge in [-0.05, 0) is 29.7 Å². The lowest BCUT2D eigenvalue weighted by Gasteiger charge is -2.09. The SMILES string of the molecule is C#CCOc1cc(C(=O)O)cc2ccc(C(=O)O)cc12. The Kier molecular flexibility index (Phi) is 3.58. The minimum Gasteiger partial charge on any atom is -0.480 e. The lowest BCUT2D eigenvalue weighted by Crippen LogP contribution is -2.01. The van der Waals surface area contributed by atoms with Gasteiger partial charge in [-0.2, -0.15) is 0 Å². The molecule has 100 valence electrons. The van der Waals surface area contributed by atoms with E-state index in [1.807, 2.05) is 0 Å². The van der Waals surface area contributed by atoms with Gasteiger partial charge < -0.3 is 14.9 Å². The Labute approximate surface area is 114 Å². The topological polar surface area (TPSA) is 83.8 Å². The molecule has 0 fully saturated rings. The number of benzene rings is 2. The van der Waals surface area contributed by atoms with Crippen LogP contribution in [0.2, 0.25) is 0 Å². The summed E-state index contributed by atoms with van der Waals surface area (Å²) in [5.74, 6) is 0.362. The molecule has 5 nitrogen and oxygen atoms in total. The number of carboxylic acids is 2. The molecule has 0 spiro atoms. The van der Waals surface area contributed by atoms with Gasteiger partial charge in [0, 0.05) is 5.39 Å². The number of ether oxygens (including phenoxy) is 1. The first-order chi connectivity index (χ1) is 9.52. The van der Waals surface area contributed by atoms with E-state index >= 15 is 0 Å². The summed E-state index contributed by atoms with van der Waals surface area (Å²) in [6, 6.07) is 7.14. The number of carbonyl (C=O) groups is 2. The minimum atomic E-state index is -1.10. The lowest BCUT2D eigenvalue weighted by molar-refractivity contribution is 0.0685. The molecule has 2 rings (SSSR count). The molecule has 0 aliphatic heterocycles. The quantitative estimate of drug-likeness (QED) is 0.832. The third kappa shape index (κ3) is 2.54. The van der Waals surface area contributed by atoms with Gasteiger partial charge >= 0.3 is 11.9 Å². The number of hydrogen-bond donors (Lipinski definition) is 2. The molecule has 20 heavy (non-hydrogen) atoms. The van der Waals surface area contributed by atoms with Gasteiger partial charge in [-0.15, -0.1) is 6.42 Å².